The summed E-state index contributed by atoms with van der Waals surface area (Å²) in [6, 6.07) is 11.4. The van der Waals surface area contributed by atoms with Crippen LogP contribution in [0.25, 0.3) is 0 Å². The predicted octanol–water partition coefficient (Wildman–Crippen LogP) is 3.37. The summed E-state index contributed by atoms with van der Waals surface area (Å²) in [6.45, 7) is 1.81. The van der Waals surface area contributed by atoms with Crippen molar-refractivity contribution in [3.63, 3.8) is 0 Å². The molecule has 0 amide bonds. The third-order valence-electron chi connectivity index (χ3n) is 3.74. The van der Waals surface area contributed by atoms with E-state index in [-0.39, 0.29) is 23.0 Å². The van der Waals surface area contributed by atoms with Crippen molar-refractivity contribution in [2.24, 2.45) is 0 Å². The van der Waals surface area contributed by atoms with Gasteiger partial charge in [0, 0.05) is 11.4 Å². The smallest absolute Gasteiger partial charge is 0.241 e. The monoisotopic (exact) mass is 391 g/mol. The van der Waals surface area contributed by atoms with Crippen molar-refractivity contribution in [1.82, 2.24) is 4.72 Å². The van der Waals surface area contributed by atoms with Gasteiger partial charge in [-0.15, -0.1) is 11.3 Å². The molecule has 0 unspecified atom stereocenters. The Bertz CT molecular complexity index is 1020. The molecule has 1 aromatic carbocycles. The van der Waals surface area contributed by atoms with Crippen molar-refractivity contribution in [2.75, 3.05) is 7.11 Å². The van der Waals surface area contributed by atoms with Gasteiger partial charge in [0.15, 0.2) is 5.76 Å². The van der Waals surface area contributed by atoms with Gasteiger partial charge >= 0.3 is 0 Å². The van der Waals surface area contributed by atoms with Crippen LogP contribution >= 0.6 is 11.3 Å². The van der Waals surface area contributed by atoms with Gasteiger partial charge in [-0.25, -0.2) is 13.1 Å². The lowest BCUT2D eigenvalue weighted by Gasteiger charge is -2.10. The third kappa shape index (κ3) is 3.87. The second-order valence-electron chi connectivity index (χ2n) is 5.53. The van der Waals surface area contributed by atoms with Gasteiger partial charge in [0.1, 0.15) is 5.75 Å². The van der Waals surface area contributed by atoms with Gasteiger partial charge in [0.05, 0.1) is 23.1 Å². The fraction of sp³-hybridized carbons (Fsp3) is 0.167. The molecular formula is C18H17NO5S2. The molecule has 0 saturated heterocycles. The molecule has 0 spiro atoms. The van der Waals surface area contributed by atoms with Crippen LogP contribution < -0.4 is 9.46 Å². The lowest BCUT2D eigenvalue weighted by molar-refractivity contribution is 0.101. The van der Waals surface area contributed by atoms with Gasteiger partial charge in [0.25, 0.3) is 0 Å². The van der Waals surface area contributed by atoms with E-state index in [0.29, 0.717) is 16.2 Å². The van der Waals surface area contributed by atoms with Crippen LogP contribution in [0, 0.1) is 6.92 Å². The molecule has 0 atom stereocenters. The van der Waals surface area contributed by atoms with Crippen LogP contribution in [-0.4, -0.2) is 21.3 Å². The zero-order valence-corrected chi connectivity index (χ0v) is 15.8. The lowest BCUT2D eigenvalue weighted by atomic mass is 10.2. The Morgan fingerprint density at radius 2 is 2.04 bits per heavy atom. The van der Waals surface area contributed by atoms with Gasteiger partial charge < -0.3 is 9.15 Å². The van der Waals surface area contributed by atoms with Crippen LogP contribution in [0.1, 0.15) is 25.9 Å². The van der Waals surface area contributed by atoms with E-state index >= 15 is 0 Å². The first-order valence-electron chi connectivity index (χ1n) is 7.72. The molecule has 3 rings (SSSR count). The molecule has 0 bridgehead atoms. The summed E-state index contributed by atoms with van der Waals surface area (Å²) in [5.41, 5.74) is 0.594. The number of methoxy groups -OCH3 is 1. The Labute approximate surface area is 155 Å². The number of ether oxygens (including phenoxy) is 1. The van der Waals surface area contributed by atoms with E-state index in [1.807, 2.05) is 0 Å². The van der Waals surface area contributed by atoms with E-state index in [4.69, 9.17) is 9.15 Å². The minimum atomic E-state index is -3.67. The average molecular weight is 391 g/mol. The maximum Gasteiger partial charge on any atom is 0.241 e. The Hall–Kier alpha value is -2.42. The standard InChI is InChI=1S/C18H17NO5S2/c1-12-10-13(23-2)5-8-17(12)26(21,22)19-11-14-6-7-16(25-14)18(20)15-4-3-9-24-15/h3-10,19H,11H2,1-2H3. The largest absolute Gasteiger partial charge is 0.497 e. The molecule has 6 nitrogen and oxygen atoms in total. The van der Waals surface area contributed by atoms with E-state index in [0.717, 1.165) is 4.88 Å². The maximum atomic E-state index is 12.5. The first kappa shape index (κ1) is 18.4. The molecule has 0 aliphatic rings. The minimum absolute atomic E-state index is 0.101. The fourth-order valence-corrected chi connectivity index (χ4v) is 4.63. The van der Waals surface area contributed by atoms with Crippen molar-refractivity contribution in [3.8, 4) is 5.75 Å². The zero-order chi connectivity index (χ0) is 18.7. The van der Waals surface area contributed by atoms with Crippen LogP contribution in [0.4, 0.5) is 0 Å². The second-order valence-corrected chi connectivity index (χ2v) is 8.43. The second kappa shape index (κ2) is 7.45. The highest BCUT2D eigenvalue weighted by Crippen LogP contribution is 2.23. The number of benzene rings is 1. The molecule has 1 N–H and O–H groups in total. The molecule has 8 heteroatoms. The highest BCUT2D eigenvalue weighted by atomic mass is 32.2. The van der Waals surface area contributed by atoms with Gasteiger partial charge in [-0.05, 0) is 55.0 Å². The van der Waals surface area contributed by atoms with E-state index in [2.05, 4.69) is 4.72 Å². The van der Waals surface area contributed by atoms with Crippen molar-refractivity contribution in [2.45, 2.75) is 18.4 Å². The molecule has 0 radical (unpaired) electrons. The van der Waals surface area contributed by atoms with E-state index in [1.165, 1.54) is 30.8 Å². The highest BCUT2D eigenvalue weighted by Gasteiger charge is 2.19. The van der Waals surface area contributed by atoms with Crippen LogP contribution in [0.5, 0.6) is 5.75 Å². The molecule has 2 heterocycles. The van der Waals surface area contributed by atoms with Crippen LogP contribution in [0.15, 0.2) is 58.0 Å². The number of thiophene rings is 1. The number of rotatable bonds is 7. The molecule has 0 aliphatic carbocycles. The number of ketones is 1. The van der Waals surface area contributed by atoms with Gasteiger partial charge in [-0.2, -0.15) is 0 Å². The van der Waals surface area contributed by atoms with E-state index in [9.17, 15) is 13.2 Å². The quantitative estimate of drug-likeness (QED) is 0.624. The van der Waals surface area contributed by atoms with Gasteiger partial charge in [-0.1, -0.05) is 0 Å². The number of hydrogen-bond acceptors (Lipinski definition) is 6. The number of furan rings is 1. The van der Waals surface area contributed by atoms with Gasteiger partial charge in [0.2, 0.25) is 15.8 Å². The number of nitrogens with one attached hydrogen (secondary N) is 1. The number of carbonyl (C=O) groups is 1. The van der Waals surface area contributed by atoms with Crippen LogP contribution in [0.2, 0.25) is 0 Å². The SMILES string of the molecule is COc1ccc(S(=O)(=O)NCc2ccc(C(=O)c3ccco3)s2)c(C)c1. The van der Waals surface area contributed by atoms with Crippen molar-refractivity contribution >= 4 is 27.1 Å². The summed E-state index contributed by atoms with van der Waals surface area (Å²) in [6.07, 6.45) is 1.44. The van der Waals surface area contributed by atoms with Crippen LogP contribution in [-0.2, 0) is 16.6 Å². The molecular weight excluding hydrogens is 374 g/mol. The molecule has 0 fully saturated rings. The molecule has 136 valence electrons. The third-order valence-corrected chi connectivity index (χ3v) is 6.38. The molecule has 2 aromatic heterocycles. The summed E-state index contributed by atoms with van der Waals surface area (Å²) in [4.78, 5) is 13.6. The Kier molecular flexibility index (Phi) is 5.26. The summed E-state index contributed by atoms with van der Waals surface area (Å²) in [5, 5.41) is 0. The molecule has 0 aliphatic heterocycles. The fourth-order valence-electron chi connectivity index (χ4n) is 2.42. The first-order valence-corrected chi connectivity index (χ1v) is 10.0. The summed E-state index contributed by atoms with van der Waals surface area (Å²) < 4.78 is 37.8. The Morgan fingerprint density at radius 3 is 2.69 bits per heavy atom. The first-order chi connectivity index (χ1) is 12.4. The van der Waals surface area contributed by atoms with Crippen LogP contribution in [0.3, 0.4) is 0 Å². The van der Waals surface area contributed by atoms with Crippen molar-refractivity contribution in [1.29, 1.82) is 0 Å². The zero-order valence-electron chi connectivity index (χ0n) is 14.2. The van der Waals surface area contributed by atoms with Crippen molar-refractivity contribution < 1.29 is 22.4 Å². The Morgan fingerprint density at radius 1 is 1.23 bits per heavy atom. The highest BCUT2D eigenvalue weighted by molar-refractivity contribution is 7.89. The minimum Gasteiger partial charge on any atom is -0.497 e. The maximum absolute atomic E-state index is 12.5. The average Bonchev–Trinajstić information content (AvgIpc) is 3.31. The number of sulfonamides is 1. The molecule has 26 heavy (non-hydrogen) atoms. The number of carbonyl (C=O) groups excluding carboxylic acids is 1. The molecule has 0 saturated carbocycles. The summed E-state index contributed by atoms with van der Waals surface area (Å²) in [5.74, 6) is 0.633. The predicted molar refractivity (Wildman–Crippen MR) is 98.2 cm³/mol. The number of hydrogen-bond donors (Lipinski definition) is 1. The van der Waals surface area contributed by atoms with E-state index in [1.54, 1.807) is 43.3 Å². The summed E-state index contributed by atoms with van der Waals surface area (Å²) >= 11 is 1.23. The lowest BCUT2D eigenvalue weighted by Crippen LogP contribution is -2.23. The van der Waals surface area contributed by atoms with Crippen molar-refractivity contribution in [3.05, 3.63) is 69.8 Å². The molecule has 3 aromatic rings. The normalized spacial score (nSPS) is 11.5. The Balaban J connectivity index is 1.72. The number of aryl methyl sites for hydroxylation is 1. The topological polar surface area (TPSA) is 85.6 Å². The van der Waals surface area contributed by atoms with Gasteiger partial charge in [-0.3, -0.25) is 4.79 Å². The van der Waals surface area contributed by atoms with E-state index < -0.39 is 10.0 Å². The summed E-state index contributed by atoms with van der Waals surface area (Å²) in [7, 11) is -2.14.